The Morgan fingerprint density at radius 1 is 1.37 bits per heavy atom. The number of nitrogens with zero attached hydrogens (tertiary/aromatic N) is 1. The topological polar surface area (TPSA) is 34.1 Å². The van der Waals surface area contributed by atoms with Crippen LogP contribution in [0.2, 0.25) is 0 Å². The molecule has 1 heterocycles. The Bertz CT molecular complexity index is 577. The minimum Gasteiger partial charge on any atom is -0.452 e. The van der Waals surface area contributed by atoms with Gasteiger partial charge in [0, 0.05) is 22.3 Å². The van der Waals surface area contributed by atoms with Crippen LogP contribution in [-0.2, 0) is 0 Å². The van der Waals surface area contributed by atoms with Crippen molar-refractivity contribution in [3.63, 3.8) is 0 Å². The first-order valence-corrected chi connectivity index (χ1v) is 6.65. The summed E-state index contributed by atoms with van der Waals surface area (Å²) >= 11 is 3.31. The van der Waals surface area contributed by atoms with Crippen LogP contribution in [0.4, 0.5) is 4.39 Å². The van der Waals surface area contributed by atoms with E-state index in [0.29, 0.717) is 5.75 Å². The van der Waals surface area contributed by atoms with Gasteiger partial charge < -0.3 is 10.1 Å². The number of nitrogens with one attached hydrogen (secondary N) is 1. The van der Waals surface area contributed by atoms with Crippen LogP contribution < -0.4 is 10.1 Å². The lowest BCUT2D eigenvalue weighted by molar-refractivity contribution is 0.426. The van der Waals surface area contributed by atoms with E-state index in [4.69, 9.17) is 4.74 Å². The van der Waals surface area contributed by atoms with Crippen LogP contribution >= 0.6 is 15.9 Å². The van der Waals surface area contributed by atoms with Crippen LogP contribution in [0, 0.1) is 5.82 Å². The van der Waals surface area contributed by atoms with Crippen molar-refractivity contribution in [1.82, 2.24) is 10.3 Å². The zero-order valence-corrected chi connectivity index (χ0v) is 12.2. The number of hydrogen-bond acceptors (Lipinski definition) is 3. The van der Waals surface area contributed by atoms with Crippen molar-refractivity contribution in [2.45, 2.75) is 13.0 Å². The highest BCUT2D eigenvalue weighted by Crippen LogP contribution is 2.32. The molecule has 0 amide bonds. The number of benzene rings is 1. The maximum absolute atomic E-state index is 13.9. The molecule has 0 saturated carbocycles. The molecule has 0 saturated heterocycles. The van der Waals surface area contributed by atoms with Crippen LogP contribution in [0.15, 0.2) is 41.1 Å². The fourth-order valence-electron chi connectivity index (χ4n) is 1.70. The minimum absolute atomic E-state index is 0.00851. The van der Waals surface area contributed by atoms with E-state index < -0.39 is 0 Å². The number of hydrogen-bond donors (Lipinski definition) is 1. The predicted octanol–water partition coefficient (Wildman–Crippen LogP) is 4.06. The van der Waals surface area contributed by atoms with E-state index in [1.54, 1.807) is 24.5 Å². The predicted molar refractivity (Wildman–Crippen MR) is 75.9 cm³/mol. The Labute approximate surface area is 119 Å². The molecule has 19 heavy (non-hydrogen) atoms. The molecule has 0 aliphatic heterocycles. The van der Waals surface area contributed by atoms with Crippen molar-refractivity contribution in [3.05, 3.63) is 52.5 Å². The highest BCUT2D eigenvalue weighted by molar-refractivity contribution is 9.10. The Balaban J connectivity index is 2.38. The second kappa shape index (κ2) is 6.12. The van der Waals surface area contributed by atoms with Crippen LogP contribution in [0.5, 0.6) is 11.5 Å². The van der Waals surface area contributed by atoms with Crippen LogP contribution in [0.1, 0.15) is 18.5 Å². The molecule has 0 aliphatic carbocycles. The van der Waals surface area contributed by atoms with Gasteiger partial charge in [-0.3, -0.25) is 4.98 Å². The summed E-state index contributed by atoms with van der Waals surface area (Å²) in [4.78, 5) is 3.99. The van der Waals surface area contributed by atoms with Gasteiger partial charge in [0.15, 0.2) is 11.6 Å². The Hall–Kier alpha value is -1.46. The zero-order chi connectivity index (χ0) is 13.8. The SMILES string of the molecule is CNC(C)c1cccc(F)c1Oc1cncc(Br)c1. The molecule has 5 heteroatoms. The number of para-hydroxylation sites is 1. The first kappa shape index (κ1) is 14.0. The molecular formula is C14H14BrFN2O. The average Bonchev–Trinajstić information content (AvgIpc) is 2.40. The van der Waals surface area contributed by atoms with E-state index in [-0.39, 0.29) is 17.6 Å². The van der Waals surface area contributed by atoms with Crippen LogP contribution in [-0.4, -0.2) is 12.0 Å². The molecule has 1 N–H and O–H groups in total. The maximum Gasteiger partial charge on any atom is 0.167 e. The van der Waals surface area contributed by atoms with Gasteiger partial charge in [-0.1, -0.05) is 12.1 Å². The van der Waals surface area contributed by atoms with Gasteiger partial charge in [-0.05, 0) is 42.0 Å². The average molecular weight is 325 g/mol. The van der Waals surface area contributed by atoms with Crippen LogP contribution in [0.25, 0.3) is 0 Å². The van der Waals surface area contributed by atoms with E-state index in [2.05, 4.69) is 26.2 Å². The molecular weight excluding hydrogens is 311 g/mol. The summed E-state index contributed by atoms with van der Waals surface area (Å²) < 4.78 is 20.4. The fourth-order valence-corrected chi connectivity index (χ4v) is 2.04. The molecule has 0 spiro atoms. The third kappa shape index (κ3) is 3.30. The van der Waals surface area contributed by atoms with Gasteiger partial charge in [-0.25, -0.2) is 4.39 Å². The highest BCUT2D eigenvalue weighted by atomic mass is 79.9. The van der Waals surface area contributed by atoms with Crippen molar-refractivity contribution in [2.75, 3.05) is 7.05 Å². The summed E-state index contributed by atoms with van der Waals surface area (Å²) in [6, 6.07) is 6.63. The number of ether oxygens (including phenoxy) is 1. The van der Waals surface area contributed by atoms with E-state index >= 15 is 0 Å². The van der Waals surface area contributed by atoms with Gasteiger partial charge in [-0.15, -0.1) is 0 Å². The first-order valence-electron chi connectivity index (χ1n) is 5.86. The Kier molecular flexibility index (Phi) is 4.50. The quantitative estimate of drug-likeness (QED) is 0.921. The first-order chi connectivity index (χ1) is 9.11. The lowest BCUT2D eigenvalue weighted by atomic mass is 10.1. The third-order valence-electron chi connectivity index (χ3n) is 2.80. The van der Waals surface area contributed by atoms with Crippen molar-refractivity contribution < 1.29 is 9.13 Å². The van der Waals surface area contributed by atoms with E-state index in [1.807, 2.05) is 20.0 Å². The lowest BCUT2D eigenvalue weighted by Crippen LogP contribution is -2.13. The summed E-state index contributed by atoms with van der Waals surface area (Å²) in [6.07, 6.45) is 3.19. The largest absolute Gasteiger partial charge is 0.452 e. The number of aromatic nitrogens is 1. The second-order valence-electron chi connectivity index (χ2n) is 4.11. The molecule has 1 unspecified atom stereocenters. The molecule has 100 valence electrons. The molecule has 0 bridgehead atoms. The Morgan fingerprint density at radius 2 is 2.16 bits per heavy atom. The van der Waals surface area contributed by atoms with Crippen molar-refractivity contribution in [2.24, 2.45) is 0 Å². The summed E-state index contributed by atoms with van der Waals surface area (Å²) in [5.41, 5.74) is 0.766. The normalized spacial score (nSPS) is 12.2. The van der Waals surface area contributed by atoms with Gasteiger partial charge in [0.2, 0.25) is 0 Å². The van der Waals surface area contributed by atoms with Gasteiger partial charge in [-0.2, -0.15) is 0 Å². The summed E-state index contributed by atoms with van der Waals surface area (Å²) in [7, 11) is 1.82. The van der Waals surface area contributed by atoms with Gasteiger partial charge in [0.25, 0.3) is 0 Å². The number of pyridine rings is 1. The Morgan fingerprint density at radius 3 is 2.84 bits per heavy atom. The van der Waals surface area contributed by atoms with E-state index in [0.717, 1.165) is 10.0 Å². The molecule has 2 rings (SSSR count). The minimum atomic E-state index is -0.389. The molecule has 0 fully saturated rings. The second-order valence-corrected chi connectivity index (χ2v) is 5.03. The standard InChI is InChI=1S/C14H14BrFN2O/c1-9(17-2)12-4-3-5-13(16)14(12)19-11-6-10(15)7-18-8-11/h3-9,17H,1-2H3. The van der Waals surface area contributed by atoms with Crippen LogP contribution in [0.3, 0.4) is 0 Å². The van der Waals surface area contributed by atoms with Crippen molar-refractivity contribution in [1.29, 1.82) is 0 Å². The molecule has 0 radical (unpaired) electrons. The zero-order valence-electron chi connectivity index (χ0n) is 10.7. The van der Waals surface area contributed by atoms with E-state index in [9.17, 15) is 4.39 Å². The van der Waals surface area contributed by atoms with Gasteiger partial charge in [0.05, 0.1) is 6.20 Å². The molecule has 0 aliphatic rings. The van der Waals surface area contributed by atoms with Gasteiger partial charge in [0.1, 0.15) is 5.75 Å². The smallest absolute Gasteiger partial charge is 0.167 e. The van der Waals surface area contributed by atoms with E-state index in [1.165, 1.54) is 6.07 Å². The molecule has 1 aromatic carbocycles. The highest BCUT2D eigenvalue weighted by Gasteiger charge is 2.15. The van der Waals surface area contributed by atoms with Crippen molar-refractivity contribution >= 4 is 15.9 Å². The number of rotatable bonds is 4. The molecule has 1 atom stereocenters. The monoisotopic (exact) mass is 324 g/mol. The molecule has 2 aromatic rings. The summed E-state index contributed by atoms with van der Waals surface area (Å²) in [5, 5.41) is 3.07. The molecule has 3 nitrogen and oxygen atoms in total. The number of halogens is 2. The summed E-state index contributed by atoms with van der Waals surface area (Å²) in [6.45, 7) is 1.95. The fraction of sp³-hybridized carbons (Fsp3) is 0.214. The summed E-state index contributed by atoms with van der Waals surface area (Å²) in [5.74, 6) is 0.327. The molecule has 1 aromatic heterocycles. The maximum atomic E-state index is 13.9. The third-order valence-corrected chi connectivity index (χ3v) is 3.23. The van der Waals surface area contributed by atoms with Gasteiger partial charge >= 0.3 is 0 Å². The lowest BCUT2D eigenvalue weighted by Gasteiger charge is -2.16. The van der Waals surface area contributed by atoms with Crippen molar-refractivity contribution in [3.8, 4) is 11.5 Å².